The summed E-state index contributed by atoms with van der Waals surface area (Å²) in [4.78, 5) is 24.1. The van der Waals surface area contributed by atoms with Crippen LogP contribution in [-0.2, 0) is 4.79 Å². The van der Waals surface area contributed by atoms with Crippen LogP contribution in [0, 0.1) is 12.3 Å². The van der Waals surface area contributed by atoms with Gasteiger partial charge in [-0.2, -0.15) is 0 Å². The van der Waals surface area contributed by atoms with E-state index >= 15 is 0 Å². The Labute approximate surface area is 124 Å². The molecule has 0 aromatic heterocycles. The van der Waals surface area contributed by atoms with Crippen molar-refractivity contribution < 1.29 is 14.7 Å². The van der Waals surface area contributed by atoms with Crippen LogP contribution in [0.25, 0.3) is 0 Å². The first-order valence-corrected chi connectivity index (χ1v) is 7.66. The number of carboxylic acids is 1. The Morgan fingerprint density at radius 3 is 2.55 bits per heavy atom. The summed E-state index contributed by atoms with van der Waals surface area (Å²) >= 11 is 1.58. The second-order valence-electron chi connectivity index (χ2n) is 5.38. The predicted octanol–water partition coefficient (Wildman–Crippen LogP) is 2.95. The number of carbonyl (C=O) groups excluding carboxylic acids is 1. The van der Waals surface area contributed by atoms with E-state index in [1.165, 1.54) is 0 Å². The summed E-state index contributed by atoms with van der Waals surface area (Å²) < 4.78 is 0. The molecule has 0 saturated heterocycles. The Morgan fingerprint density at radius 1 is 1.35 bits per heavy atom. The summed E-state index contributed by atoms with van der Waals surface area (Å²) in [6.45, 7) is 5.55. The van der Waals surface area contributed by atoms with Crippen molar-refractivity contribution in [3.05, 3.63) is 29.3 Å². The topological polar surface area (TPSA) is 66.4 Å². The number of benzene rings is 1. The molecule has 0 unspecified atom stereocenters. The number of carboxylic acid groups (broad SMARTS) is 1. The highest BCUT2D eigenvalue weighted by atomic mass is 32.2. The van der Waals surface area contributed by atoms with Crippen molar-refractivity contribution in [3.8, 4) is 0 Å². The molecule has 5 heteroatoms. The van der Waals surface area contributed by atoms with Crippen molar-refractivity contribution in [2.75, 3.05) is 12.8 Å². The molecule has 1 aromatic carbocycles. The fourth-order valence-electron chi connectivity index (χ4n) is 1.66. The molecule has 0 radical (unpaired) electrons. The normalized spacial score (nSPS) is 11.2. The standard InChI is InChI=1S/C15H21NO3S/c1-10-5-6-11(20-4)9-12(10)13(17)16-8-7-15(2,3)14(18)19/h5-6,9H,7-8H2,1-4H3,(H,16,17)(H,18,19). The van der Waals surface area contributed by atoms with Crippen molar-refractivity contribution >= 4 is 23.6 Å². The van der Waals surface area contributed by atoms with Crippen LogP contribution in [-0.4, -0.2) is 29.8 Å². The minimum absolute atomic E-state index is 0.153. The van der Waals surface area contributed by atoms with Gasteiger partial charge in [0.05, 0.1) is 5.41 Å². The molecule has 1 aromatic rings. The Morgan fingerprint density at radius 2 is 2.00 bits per heavy atom. The smallest absolute Gasteiger partial charge is 0.309 e. The van der Waals surface area contributed by atoms with Gasteiger partial charge in [0.25, 0.3) is 5.91 Å². The van der Waals surface area contributed by atoms with E-state index in [2.05, 4.69) is 5.32 Å². The maximum atomic E-state index is 12.1. The van der Waals surface area contributed by atoms with E-state index in [0.717, 1.165) is 10.5 Å². The van der Waals surface area contributed by atoms with Gasteiger partial charge in [-0.15, -0.1) is 11.8 Å². The van der Waals surface area contributed by atoms with Crippen molar-refractivity contribution in [2.45, 2.75) is 32.1 Å². The van der Waals surface area contributed by atoms with E-state index in [4.69, 9.17) is 5.11 Å². The van der Waals surface area contributed by atoms with Crippen LogP contribution in [0.4, 0.5) is 0 Å². The molecule has 0 spiro atoms. The van der Waals surface area contributed by atoms with Crippen LogP contribution in [0.15, 0.2) is 23.1 Å². The highest BCUT2D eigenvalue weighted by molar-refractivity contribution is 7.98. The zero-order valence-corrected chi connectivity index (χ0v) is 13.1. The molecule has 110 valence electrons. The van der Waals surface area contributed by atoms with E-state index in [9.17, 15) is 9.59 Å². The molecular weight excluding hydrogens is 274 g/mol. The maximum absolute atomic E-state index is 12.1. The summed E-state index contributed by atoms with van der Waals surface area (Å²) in [6.07, 6.45) is 2.36. The summed E-state index contributed by atoms with van der Waals surface area (Å²) in [5.41, 5.74) is 0.728. The molecule has 2 N–H and O–H groups in total. The van der Waals surface area contributed by atoms with E-state index in [1.54, 1.807) is 25.6 Å². The third-order valence-corrected chi connectivity index (χ3v) is 4.03. The average molecular weight is 295 g/mol. The first-order valence-electron chi connectivity index (χ1n) is 6.44. The molecule has 0 aliphatic carbocycles. The monoisotopic (exact) mass is 295 g/mol. The number of hydrogen-bond donors (Lipinski definition) is 2. The number of amides is 1. The van der Waals surface area contributed by atoms with Gasteiger partial charge in [0, 0.05) is 17.0 Å². The lowest BCUT2D eigenvalue weighted by Crippen LogP contribution is -2.32. The first kappa shape index (κ1) is 16.6. The van der Waals surface area contributed by atoms with Crippen LogP contribution >= 0.6 is 11.8 Å². The van der Waals surface area contributed by atoms with Crippen LogP contribution in [0.1, 0.15) is 36.2 Å². The van der Waals surface area contributed by atoms with Gasteiger partial charge >= 0.3 is 5.97 Å². The lowest BCUT2D eigenvalue weighted by molar-refractivity contribution is -0.147. The zero-order chi connectivity index (χ0) is 15.3. The highest BCUT2D eigenvalue weighted by Crippen LogP contribution is 2.21. The van der Waals surface area contributed by atoms with Crippen molar-refractivity contribution in [1.29, 1.82) is 0 Å². The van der Waals surface area contributed by atoms with Gasteiger partial charge in [0.1, 0.15) is 0 Å². The number of rotatable bonds is 6. The van der Waals surface area contributed by atoms with E-state index in [0.29, 0.717) is 18.5 Å². The summed E-state index contributed by atoms with van der Waals surface area (Å²) in [5.74, 6) is -1.01. The number of nitrogens with one attached hydrogen (secondary N) is 1. The molecule has 0 heterocycles. The Hall–Kier alpha value is -1.49. The molecule has 0 atom stereocenters. The average Bonchev–Trinajstić information content (AvgIpc) is 2.38. The minimum atomic E-state index is -0.854. The van der Waals surface area contributed by atoms with Crippen molar-refractivity contribution in [3.63, 3.8) is 0 Å². The van der Waals surface area contributed by atoms with Crippen LogP contribution < -0.4 is 5.32 Å². The highest BCUT2D eigenvalue weighted by Gasteiger charge is 2.26. The fourth-order valence-corrected chi connectivity index (χ4v) is 2.10. The Balaban J connectivity index is 2.66. The number of aliphatic carboxylic acids is 1. The number of aryl methyl sites for hydroxylation is 1. The van der Waals surface area contributed by atoms with Gasteiger partial charge in [-0.25, -0.2) is 0 Å². The Bertz CT molecular complexity index is 512. The van der Waals surface area contributed by atoms with Crippen molar-refractivity contribution in [2.24, 2.45) is 5.41 Å². The third kappa shape index (κ3) is 4.27. The summed E-state index contributed by atoms with van der Waals surface area (Å²) in [7, 11) is 0. The van der Waals surface area contributed by atoms with Gasteiger partial charge < -0.3 is 10.4 Å². The molecule has 1 rings (SSSR count). The van der Waals surface area contributed by atoms with Gasteiger partial charge in [0.2, 0.25) is 0 Å². The summed E-state index contributed by atoms with van der Waals surface area (Å²) in [6, 6.07) is 5.75. The third-order valence-electron chi connectivity index (χ3n) is 3.30. The quantitative estimate of drug-likeness (QED) is 0.792. The summed E-state index contributed by atoms with van der Waals surface area (Å²) in [5, 5.41) is 11.8. The Kier molecular flexibility index (Phi) is 5.62. The molecule has 0 aliphatic heterocycles. The first-order chi connectivity index (χ1) is 9.27. The lowest BCUT2D eigenvalue weighted by atomic mass is 9.89. The number of carbonyl (C=O) groups is 2. The van der Waals surface area contributed by atoms with Crippen LogP contribution in [0.2, 0.25) is 0 Å². The van der Waals surface area contributed by atoms with Gasteiger partial charge in [0.15, 0.2) is 0 Å². The minimum Gasteiger partial charge on any atom is -0.481 e. The van der Waals surface area contributed by atoms with E-state index in [-0.39, 0.29) is 5.91 Å². The van der Waals surface area contributed by atoms with Crippen molar-refractivity contribution in [1.82, 2.24) is 5.32 Å². The predicted molar refractivity (Wildman–Crippen MR) is 81.3 cm³/mol. The van der Waals surface area contributed by atoms with E-state index < -0.39 is 11.4 Å². The van der Waals surface area contributed by atoms with Crippen LogP contribution in [0.3, 0.4) is 0 Å². The second kappa shape index (κ2) is 6.79. The molecule has 4 nitrogen and oxygen atoms in total. The van der Waals surface area contributed by atoms with Crippen LogP contribution in [0.5, 0.6) is 0 Å². The second-order valence-corrected chi connectivity index (χ2v) is 6.26. The SMILES string of the molecule is CSc1ccc(C)c(C(=O)NCCC(C)(C)C(=O)O)c1. The molecule has 0 bridgehead atoms. The molecule has 20 heavy (non-hydrogen) atoms. The number of thioether (sulfide) groups is 1. The number of hydrogen-bond acceptors (Lipinski definition) is 3. The lowest BCUT2D eigenvalue weighted by Gasteiger charge is -2.19. The molecule has 1 amide bonds. The van der Waals surface area contributed by atoms with Gasteiger partial charge in [-0.3, -0.25) is 9.59 Å². The maximum Gasteiger partial charge on any atom is 0.309 e. The fraction of sp³-hybridized carbons (Fsp3) is 0.467. The van der Waals surface area contributed by atoms with E-state index in [1.807, 2.05) is 31.4 Å². The zero-order valence-electron chi connectivity index (χ0n) is 12.3. The largest absolute Gasteiger partial charge is 0.481 e. The molecular formula is C15H21NO3S. The molecule has 0 aliphatic rings. The van der Waals surface area contributed by atoms with Gasteiger partial charge in [-0.1, -0.05) is 6.07 Å². The molecule has 0 fully saturated rings. The van der Waals surface area contributed by atoms with Gasteiger partial charge in [-0.05, 0) is 51.1 Å². The molecule has 0 saturated carbocycles.